The van der Waals surface area contributed by atoms with Crippen LogP contribution in [0.1, 0.15) is 22.8 Å². The van der Waals surface area contributed by atoms with Crippen molar-refractivity contribution in [2.75, 3.05) is 7.11 Å². The van der Waals surface area contributed by atoms with Crippen LogP contribution in [0, 0.1) is 6.92 Å². The maximum absolute atomic E-state index is 13.3. The number of benzene rings is 2. The summed E-state index contributed by atoms with van der Waals surface area (Å²) in [7, 11) is -0.728. The Morgan fingerprint density at radius 3 is 2.27 bits per heavy atom. The molecule has 30 heavy (non-hydrogen) atoms. The predicted molar refractivity (Wildman–Crippen MR) is 116 cm³/mol. The third-order valence-corrected chi connectivity index (χ3v) is 6.91. The van der Waals surface area contributed by atoms with E-state index in [1.165, 1.54) is 10.8 Å². The Balaban J connectivity index is 1.98. The first kappa shape index (κ1) is 20.1. The molecule has 0 saturated heterocycles. The van der Waals surface area contributed by atoms with Crippen molar-refractivity contribution in [1.82, 2.24) is 8.54 Å². The number of pyridine rings is 1. The minimum absolute atomic E-state index is 0.105. The van der Waals surface area contributed by atoms with Gasteiger partial charge >= 0.3 is 0 Å². The highest BCUT2D eigenvalue weighted by Gasteiger charge is 2.25. The van der Waals surface area contributed by atoms with Crippen molar-refractivity contribution in [1.29, 1.82) is 0 Å². The Kier molecular flexibility index (Phi) is 5.09. The van der Waals surface area contributed by atoms with E-state index in [-0.39, 0.29) is 10.4 Å². The summed E-state index contributed by atoms with van der Waals surface area (Å²) < 4.78 is 34.8. The molecule has 0 spiro atoms. The van der Waals surface area contributed by atoms with E-state index < -0.39 is 21.7 Å². The zero-order valence-electron chi connectivity index (χ0n) is 16.9. The molecule has 0 aliphatic carbocycles. The van der Waals surface area contributed by atoms with Crippen LogP contribution < -0.4 is 5.56 Å². The molecule has 4 aromatic rings. The summed E-state index contributed by atoms with van der Waals surface area (Å²) in [5.41, 5.74) is 2.30. The lowest BCUT2D eigenvalue weighted by Gasteiger charge is -2.18. The second-order valence-corrected chi connectivity index (χ2v) is 9.03. The van der Waals surface area contributed by atoms with Crippen molar-refractivity contribution >= 4 is 20.9 Å². The summed E-state index contributed by atoms with van der Waals surface area (Å²) >= 11 is 0. The quantitative estimate of drug-likeness (QED) is 0.493. The van der Waals surface area contributed by atoms with Gasteiger partial charge in [0, 0.05) is 37.5 Å². The molecule has 1 atom stereocenters. The van der Waals surface area contributed by atoms with Gasteiger partial charge in [-0.2, -0.15) is 0 Å². The van der Waals surface area contributed by atoms with E-state index >= 15 is 0 Å². The van der Waals surface area contributed by atoms with Gasteiger partial charge in [0.2, 0.25) is 0 Å². The zero-order chi connectivity index (χ0) is 21.5. The van der Waals surface area contributed by atoms with E-state index in [0.717, 1.165) is 20.7 Å². The number of ether oxygens (including phenoxy) is 1. The number of methoxy groups -OCH3 is 1. The zero-order valence-corrected chi connectivity index (χ0v) is 17.8. The van der Waals surface area contributed by atoms with Gasteiger partial charge in [0.1, 0.15) is 11.6 Å². The smallest absolute Gasteiger partial charge is 0.275 e. The van der Waals surface area contributed by atoms with Crippen molar-refractivity contribution in [2.24, 2.45) is 7.05 Å². The van der Waals surface area contributed by atoms with Gasteiger partial charge in [-0.15, -0.1) is 0 Å². The Labute approximate surface area is 175 Å². The Morgan fingerprint density at radius 2 is 1.63 bits per heavy atom. The molecule has 2 aromatic heterocycles. The SMILES string of the molecule is COC(c1ccccc1)c1cn(C)c(=O)c2c1ccn2S(=O)(=O)c1ccc(C)cc1. The Bertz CT molecular complexity index is 1370. The number of aryl methyl sites for hydroxylation is 2. The topological polar surface area (TPSA) is 70.3 Å². The largest absolute Gasteiger partial charge is 0.372 e. The molecule has 7 heteroatoms. The summed E-state index contributed by atoms with van der Waals surface area (Å²) in [6.07, 6.45) is 2.69. The van der Waals surface area contributed by atoms with E-state index in [2.05, 4.69) is 0 Å². The molecule has 0 N–H and O–H groups in total. The molecule has 0 fully saturated rings. The molecule has 0 aliphatic heterocycles. The van der Waals surface area contributed by atoms with Crippen LogP contribution >= 0.6 is 0 Å². The van der Waals surface area contributed by atoms with Crippen LogP contribution in [0.4, 0.5) is 0 Å². The first-order chi connectivity index (χ1) is 14.3. The van der Waals surface area contributed by atoms with E-state index in [1.54, 1.807) is 50.7 Å². The van der Waals surface area contributed by atoms with Gasteiger partial charge in [-0.3, -0.25) is 4.79 Å². The highest BCUT2D eigenvalue weighted by atomic mass is 32.2. The molecule has 0 bridgehead atoms. The van der Waals surface area contributed by atoms with Crippen LogP contribution in [0.5, 0.6) is 0 Å². The summed E-state index contributed by atoms with van der Waals surface area (Å²) in [4.78, 5) is 13.1. The van der Waals surface area contributed by atoms with Gasteiger partial charge in [-0.25, -0.2) is 12.4 Å². The first-order valence-electron chi connectivity index (χ1n) is 9.45. The summed E-state index contributed by atoms with van der Waals surface area (Å²) in [5, 5.41) is 0.546. The molecule has 0 amide bonds. The molecule has 154 valence electrons. The number of aromatic nitrogens is 2. The van der Waals surface area contributed by atoms with Crippen molar-refractivity contribution < 1.29 is 13.2 Å². The molecule has 2 heterocycles. The fraction of sp³-hybridized carbons (Fsp3) is 0.174. The molecule has 0 saturated carbocycles. The van der Waals surface area contributed by atoms with E-state index in [9.17, 15) is 13.2 Å². The van der Waals surface area contributed by atoms with Gasteiger partial charge in [0.15, 0.2) is 0 Å². The fourth-order valence-corrected chi connectivity index (χ4v) is 5.01. The molecule has 1 unspecified atom stereocenters. The lowest BCUT2D eigenvalue weighted by Crippen LogP contribution is -2.23. The maximum atomic E-state index is 13.3. The first-order valence-corrected chi connectivity index (χ1v) is 10.9. The van der Waals surface area contributed by atoms with Crippen molar-refractivity contribution in [3.05, 3.63) is 100 Å². The molecule has 0 radical (unpaired) electrons. The highest BCUT2D eigenvalue weighted by Crippen LogP contribution is 2.31. The van der Waals surface area contributed by atoms with Crippen LogP contribution in [0.2, 0.25) is 0 Å². The lowest BCUT2D eigenvalue weighted by atomic mass is 10.00. The minimum atomic E-state index is -3.93. The van der Waals surface area contributed by atoms with E-state index in [1.807, 2.05) is 37.3 Å². The number of fused-ring (bicyclic) bond motifs is 1. The van der Waals surface area contributed by atoms with Gasteiger partial charge in [0.05, 0.1) is 4.90 Å². The fourth-order valence-electron chi connectivity index (χ4n) is 3.66. The molecular weight excluding hydrogens is 400 g/mol. The highest BCUT2D eigenvalue weighted by molar-refractivity contribution is 7.90. The molecule has 6 nitrogen and oxygen atoms in total. The monoisotopic (exact) mass is 422 g/mol. The van der Waals surface area contributed by atoms with Crippen LogP contribution in [-0.4, -0.2) is 24.1 Å². The van der Waals surface area contributed by atoms with Crippen LogP contribution in [0.15, 0.2) is 82.7 Å². The number of nitrogens with zero attached hydrogens (tertiary/aromatic N) is 2. The summed E-state index contributed by atoms with van der Waals surface area (Å²) in [6.45, 7) is 1.89. The lowest BCUT2D eigenvalue weighted by molar-refractivity contribution is 0.137. The van der Waals surface area contributed by atoms with Gasteiger partial charge in [-0.1, -0.05) is 48.0 Å². The Hall–Kier alpha value is -3.16. The number of rotatable bonds is 5. The standard InChI is InChI=1S/C23H22N2O4S/c1-16-9-11-18(12-10-16)30(27,28)25-14-13-19-20(15-24(2)23(26)21(19)25)22(29-3)17-7-5-4-6-8-17/h4-15,22H,1-3H3. The van der Waals surface area contributed by atoms with Crippen molar-refractivity contribution in [2.45, 2.75) is 17.9 Å². The number of hydrogen-bond acceptors (Lipinski definition) is 4. The van der Waals surface area contributed by atoms with Gasteiger partial charge in [0.25, 0.3) is 15.6 Å². The average molecular weight is 423 g/mol. The van der Waals surface area contributed by atoms with Crippen LogP contribution in [-0.2, 0) is 21.8 Å². The summed E-state index contributed by atoms with van der Waals surface area (Å²) in [5.74, 6) is 0. The number of hydrogen-bond donors (Lipinski definition) is 0. The van der Waals surface area contributed by atoms with E-state index in [0.29, 0.717) is 5.39 Å². The third kappa shape index (κ3) is 3.26. The van der Waals surface area contributed by atoms with E-state index in [4.69, 9.17) is 4.74 Å². The second-order valence-electron chi connectivity index (χ2n) is 7.22. The average Bonchev–Trinajstić information content (AvgIpc) is 3.20. The van der Waals surface area contributed by atoms with Gasteiger partial charge in [-0.05, 0) is 30.7 Å². The molecule has 2 aromatic carbocycles. The molecule has 0 aliphatic rings. The van der Waals surface area contributed by atoms with Crippen LogP contribution in [0.3, 0.4) is 0 Å². The summed E-state index contributed by atoms with van der Waals surface area (Å²) in [6, 6.07) is 17.8. The molecule has 4 rings (SSSR count). The third-order valence-electron chi connectivity index (χ3n) is 5.22. The second kappa shape index (κ2) is 7.59. The minimum Gasteiger partial charge on any atom is -0.372 e. The van der Waals surface area contributed by atoms with Crippen LogP contribution in [0.25, 0.3) is 10.9 Å². The maximum Gasteiger partial charge on any atom is 0.275 e. The van der Waals surface area contributed by atoms with Crippen molar-refractivity contribution in [3.8, 4) is 0 Å². The normalized spacial score (nSPS) is 12.9. The van der Waals surface area contributed by atoms with Crippen molar-refractivity contribution in [3.63, 3.8) is 0 Å². The molecular formula is C23H22N2O4S. The van der Waals surface area contributed by atoms with Gasteiger partial charge < -0.3 is 9.30 Å². The Morgan fingerprint density at radius 1 is 0.967 bits per heavy atom. The predicted octanol–water partition coefficient (Wildman–Crippen LogP) is 3.62.